The molecule has 0 fully saturated rings. The van der Waals surface area contributed by atoms with Crippen molar-refractivity contribution in [3.63, 3.8) is 0 Å². The Hall–Kier alpha value is -0.360. The summed E-state index contributed by atoms with van der Waals surface area (Å²) in [7, 11) is 1.60. The zero-order chi connectivity index (χ0) is 14.3. The number of alkyl halides is 4. The first-order chi connectivity index (χ1) is 8.96. The molecule has 1 unspecified atom stereocenters. The van der Waals surface area contributed by atoms with E-state index >= 15 is 0 Å². The molecule has 0 saturated carbocycles. The Morgan fingerprint density at radius 1 is 1.32 bits per heavy atom. The predicted octanol–water partition coefficient (Wildman–Crippen LogP) is 4.89. The van der Waals surface area contributed by atoms with Crippen LogP contribution in [0.1, 0.15) is 12.0 Å². The Kier molecular flexibility index (Phi) is 7.07. The summed E-state index contributed by atoms with van der Waals surface area (Å²) in [6.07, 6.45) is 1.24. The molecule has 0 aromatic heterocycles. The van der Waals surface area contributed by atoms with E-state index in [0.29, 0.717) is 18.2 Å². The molecule has 0 aliphatic carbocycles. The number of hydrogen-bond acceptors (Lipinski definition) is 2. The van der Waals surface area contributed by atoms with E-state index in [2.05, 4.69) is 15.9 Å². The van der Waals surface area contributed by atoms with Crippen LogP contribution in [0.3, 0.4) is 0 Å². The van der Waals surface area contributed by atoms with Crippen LogP contribution < -0.4 is 4.74 Å². The summed E-state index contributed by atoms with van der Waals surface area (Å²) < 4.78 is 41.5. The maximum absolute atomic E-state index is 12.1. The third-order valence-electron chi connectivity index (χ3n) is 2.71. The molecule has 1 atom stereocenters. The van der Waals surface area contributed by atoms with Gasteiger partial charge in [-0.25, -0.2) is 0 Å². The molecular formula is C13H16BrF3OS. The SMILES string of the molecule is COc1ccccc1CC(CBr)CCSC(F)(F)F. The van der Waals surface area contributed by atoms with Crippen molar-refractivity contribution < 1.29 is 17.9 Å². The van der Waals surface area contributed by atoms with E-state index in [-0.39, 0.29) is 23.4 Å². The number of halogens is 4. The van der Waals surface area contributed by atoms with Crippen LogP contribution in [0.2, 0.25) is 0 Å². The maximum Gasteiger partial charge on any atom is 0.441 e. The van der Waals surface area contributed by atoms with Gasteiger partial charge in [0.25, 0.3) is 0 Å². The summed E-state index contributed by atoms with van der Waals surface area (Å²) in [5, 5.41) is 0.684. The van der Waals surface area contributed by atoms with Crippen molar-refractivity contribution in [1.82, 2.24) is 0 Å². The predicted molar refractivity (Wildman–Crippen MR) is 77.1 cm³/mol. The van der Waals surface area contributed by atoms with E-state index in [1.165, 1.54) is 0 Å². The van der Waals surface area contributed by atoms with Gasteiger partial charge in [-0.1, -0.05) is 45.9 Å². The van der Waals surface area contributed by atoms with E-state index < -0.39 is 5.51 Å². The molecule has 0 bridgehead atoms. The van der Waals surface area contributed by atoms with Crippen LogP contribution in [0.25, 0.3) is 0 Å². The lowest BCUT2D eigenvalue weighted by Crippen LogP contribution is -2.10. The zero-order valence-electron chi connectivity index (χ0n) is 10.5. The van der Waals surface area contributed by atoms with Gasteiger partial charge in [0.05, 0.1) is 7.11 Å². The second-order valence-corrected chi connectivity index (χ2v) is 5.93. The van der Waals surface area contributed by atoms with Gasteiger partial charge in [-0.15, -0.1) is 0 Å². The van der Waals surface area contributed by atoms with Crippen LogP contribution in [-0.4, -0.2) is 23.7 Å². The largest absolute Gasteiger partial charge is 0.496 e. The molecular weight excluding hydrogens is 341 g/mol. The average Bonchev–Trinajstić information content (AvgIpc) is 2.36. The summed E-state index contributed by atoms with van der Waals surface area (Å²) >= 11 is 3.41. The Labute approximate surface area is 124 Å². The fraction of sp³-hybridized carbons (Fsp3) is 0.538. The lowest BCUT2D eigenvalue weighted by atomic mass is 9.98. The van der Waals surface area contributed by atoms with E-state index in [1.54, 1.807) is 7.11 Å². The minimum absolute atomic E-state index is 0.0457. The number of benzene rings is 1. The lowest BCUT2D eigenvalue weighted by molar-refractivity contribution is -0.0328. The summed E-state index contributed by atoms with van der Waals surface area (Å²) in [6, 6.07) is 7.61. The third kappa shape index (κ3) is 6.56. The minimum Gasteiger partial charge on any atom is -0.496 e. The molecule has 108 valence electrons. The number of ether oxygens (including phenoxy) is 1. The van der Waals surface area contributed by atoms with Gasteiger partial charge in [0.15, 0.2) is 0 Å². The first-order valence-corrected chi connectivity index (χ1v) is 7.95. The highest BCUT2D eigenvalue weighted by molar-refractivity contribution is 9.09. The third-order valence-corrected chi connectivity index (χ3v) is 4.39. The first-order valence-electron chi connectivity index (χ1n) is 5.85. The van der Waals surface area contributed by atoms with Crippen molar-refractivity contribution in [3.05, 3.63) is 29.8 Å². The second-order valence-electron chi connectivity index (χ2n) is 4.12. The summed E-state index contributed by atoms with van der Waals surface area (Å²) in [5.41, 5.74) is -3.10. The molecule has 0 spiro atoms. The number of thioether (sulfide) groups is 1. The molecule has 0 N–H and O–H groups in total. The fourth-order valence-corrected chi connectivity index (χ4v) is 2.99. The molecule has 0 amide bonds. The molecule has 1 aromatic rings. The molecule has 0 aliphatic rings. The molecule has 0 heterocycles. The van der Waals surface area contributed by atoms with Gasteiger partial charge < -0.3 is 4.74 Å². The second kappa shape index (κ2) is 8.04. The van der Waals surface area contributed by atoms with Crippen LogP contribution in [-0.2, 0) is 6.42 Å². The zero-order valence-corrected chi connectivity index (χ0v) is 12.9. The van der Waals surface area contributed by atoms with Gasteiger partial charge in [-0.2, -0.15) is 13.2 Å². The monoisotopic (exact) mass is 356 g/mol. The van der Waals surface area contributed by atoms with Crippen LogP contribution in [0, 0.1) is 5.92 Å². The van der Waals surface area contributed by atoms with Crippen LogP contribution in [0.5, 0.6) is 5.75 Å². The van der Waals surface area contributed by atoms with Gasteiger partial charge in [-0.3, -0.25) is 0 Å². The Morgan fingerprint density at radius 3 is 2.58 bits per heavy atom. The van der Waals surface area contributed by atoms with E-state index in [9.17, 15) is 13.2 Å². The number of para-hydroxylation sites is 1. The number of rotatable bonds is 7. The van der Waals surface area contributed by atoms with Gasteiger partial charge in [-0.05, 0) is 30.4 Å². The van der Waals surface area contributed by atoms with Crippen LogP contribution >= 0.6 is 27.7 Å². The fourth-order valence-electron chi connectivity index (χ4n) is 1.76. The van der Waals surface area contributed by atoms with Gasteiger partial charge >= 0.3 is 5.51 Å². The summed E-state index contributed by atoms with van der Waals surface area (Å²) in [6.45, 7) is 0. The molecule has 0 aliphatic heterocycles. The smallest absolute Gasteiger partial charge is 0.441 e. The number of hydrogen-bond donors (Lipinski definition) is 0. The molecule has 19 heavy (non-hydrogen) atoms. The first kappa shape index (κ1) is 16.7. The maximum atomic E-state index is 12.1. The molecule has 1 aromatic carbocycles. The van der Waals surface area contributed by atoms with E-state index in [1.807, 2.05) is 24.3 Å². The molecule has 0 saturated heterocycles. The highest BCUT2D eigenvalue weighted by Gasteiger charge is 2.28. The van der Waals surface area contributed by atoms with Gasteiger partial charge in [0, 0.05) is 11.1 Å². The van der Waals surface area contributed by atoms with Crippen molar-refractivity contribution in [2.45, 2.75) is 18.3 Å². The van der Waals surface area contributed by atoms with Crippen molar-refractivity contribution in [2.24, 2.45) is 5.92 Å². The topological polar surface area (TPSA) is 9.23 Å². The Balaban J connectivity index is 2.52. The molecule has 0 radical (unpaired) electrons. The van der Waals surface area contributed by atoms with E-state index in [4.69, 9.17) is 4.74 Å². The van der Waals surface area contributed by atoms with E-state index in [0.717, 1.165) is 11.3 Å². The van der Waals surface area contributed by atoms with Gasteiger partial charge in [0.1, 0.15) is 5.75 Å². The Morgan fingerprint density at radius 2 is 2.00 bits per heavy atom. The number of methoxy groups -OCH3 is 1. The Bertz CT molecular complexity index is 384. The lowest BCUT2D eigenvalue weighted by Gasteiger charge is -2.16. The van der Waals surface area contributed by atoms with Crippen molar-refractivity contribution in [2.75, 3.05) is 18.2 Å². The molecule has 6 heteroatoms. The van der Waals surface area contributed by atoms with Crippen molar-refractivity contribution in [3.8, 4) is 5.75 Å². The highest BCUT2D eigenvalue weighted by atomic mass is 79.9. The average molecular weight is 357 g/mol. The van der Waals surface area contributed by atoms with Crippen LogP contribution in [0.15, 0.2) is 24.3 Å². The summed E-state index contributed by atoms with van der Waals surface area (Å²) in [5.74, 6) is 1.05. The quantitative estimate of drug-likeness (QED) is 0.643. The standard InChI is InChI=1S/C13H16BrF3OS/c1-18-12-5-3-2-4-11(12)8-10(9-14)6-7-19-13(15,16)17/h2-5,10H,6-9H2,1H3. The van der Waals surface area contributed by atoms with Crippen molar-refractivity contribution in [1.29, 1.82) is 0 Å². The highest BCUT2D eigenvalue weighted by Crippen LogP contribution is 2.32. The van der Waals surface area contributed by atoms with Crippen molar-refractivity contribution >= 4 is 27.7 Å². The van der Waals surface area contributed by atoms with Crippen LogP contribution in [0.4, 0.5) is 13.2 Å². The normalized spacial score (nSPS) is 13.3. The molecule has 1 nitrogen and oxygen atoms in total. The van der Waals surface area contributed by atoms with Gasteiger partial charge in [0.2, 0.25) is 0 Å². The molecule has 1 rings (SSSR count). The summed E-state index contributed by atoms with van der Waals surface area (Å²) in [4.78, 5) is 0. The minimum atomic E-state index is -4.14.